The van der Waals surface area contributed by atoms with Gasteiger partial charge in [0.15, 0.2) is 0 Å². The molecule has 0 bridgehead atoms. The van der Waals surface area contributed by atoms with Gasteiger partial charge in [0.2, 0.25) is 5.91 Å². The van der Waals surface area contributed by atoms with Crippen LogP contribution in [-0.4, -0.2) is 36.7 Å². The summed E-state index contributed by atoms with van der Waals surface area (Å²) in [5.74, 6) is -1.16. The van der Waals surface area contributed by atoms with Crippen LogP contribution in [0.2, 0.25) is 0 Å². The van der Waals surface area contributed by atoms with Gasteiger partial charge in [0.05, 0.1) is 7.11 Å². The molecule has 0 heterocycles. The number of amides is 1. The zero-order valence-corrected chi connectivity index (χ0v) is 8.37. The van der Waals surface area contributed by atoms with Crippen LogP contribution >= 0.6 is 0 Å². The molecule has 80 valence electrons. The fourth-order valence-corrected chi connectivity index (χ4v) is 0.924. The highest BCUT2D eigenvalue weighted by molar-refractivity contribution is 5.85. The van der Waals surface area contributed by atoms with Crippen molar-refractivity contribution in [1.82, 2.24) is 5.32 Å². The molecule has 0 aromatic rings. The predicted molar refractivity (Wildman–Crippen MR) is 50.5 cm³/mol. The quantitative estimate of drug-likeness (QED) is 0.469. The molecule has 0 unspecified atom stereocenters. The van der Waals surface area contributed by atoms with E-state index in [2.05, 4.69) is 16.6 Å². The number of rotatable bonds is 5. The first-order valence-corrected chi connectivity index (χ1v) is 4.13. The minimum absolute atomic E-state index is 0.304. The molecule has 14 heavy (non-hydrogen) atoms. The van der Waals surface area contributed by atoms with Crippen LogP contribution < -0.4 is 5.32 Å². The van der Waals surface area contributed by atoms with E-state index in [1.165, 1.54) is 7.11 Å². The van der Waals surface area contributed by atoms with Crippen LogP contribution in [0, 0.1) is 0 Å². The summed E-state index contributed by atoms with van der Waals surface area (Å²) in [7, 11) is 1.23. The highest BCUT2D eigenvalue weighted by Gasteiger charge is 2.20. The van der Waals surface area contributed by atoms with Gasteiger partial charge in [-0.3, -0.25) is 4.79 Å². The number of methoxy groups -OCH3 is 1. The van der Waals surface area contributed by atoms with Crippen molar-refractivity contribution in [2.24, 2.45) is 0 Å². The van der Waals surface area contributed by atoms with E-state index in [4.69, 9.17) is 5.11 Å². The van der Waals surface area contributed by atoms with Crippen molar-refractivity contribution >= 4 is 11.9 Å². The molecule has 2 N–H and O–H groups in total. The van der Waals surface area contributed by atoms with Crippen LogP contribution in [0.25, 0.3) is 0 Å². The number of carbonyl (C=O) groups excluding carboxylic acids is 2. The molecular weight excluding hydrogens is 186 g/mol. The fourth-order valence-electron chi connectivity index (χ4n) is 0.924. The first-order valence-electron chi connectivity index (χ1n) is 4.13. The van der Waals surface area contributed by atoms with Gasteiger partial charge >= 0.3 is 5.97 Å². The van der Waals surface area contributed by atoms with E-state index in [0.29, 0.717) is 6.42 Å². The van der Waals surface area contributed by atoms with Gasteiger partial charge in [-0.1, -0.05) is 5.57 Å². The molecule has 0 aliphatic rings. The van der Waals surface area contributed by atoms with Gasteiger partial charge in [0, 0.05) is 0 Å². The van der Waals surface area contributed by atoms with E-state index in [9.17, 15) is 9.59 Å². The second-order valence-corrected chi connectivity index (χ2v) is 2.96. The number of aliphatic hydroxyl groups excluding tert-OH is 1. The third-order valence-electron chi connectivity index (χ3n) is 1.52. The molecule has 5 heteroatoms. The van der Waals surface area contributed by atoms with Crippen molar-refractivity contribution in [2.45, 2.75) is 19.4 Å². The van der Waals surface area contributed by atoms with Crippen LogP contribution in [0.1, 0.15) is 13.3 Å². The van der Waals surface area contributed by atoms with Gasteiger partial charge in [0.25, 0.3) is 0 Å². The van der Waals surface area contributed by atoms with Crippen LogP contribution in [0.15, 0.2) is 12.2 Å². The minimum atomic E-state index is -0.767. The average molecular weight is 201 g/mol. The van der Waals surface area contributed by atoms with Gasteiger partial charge in [-0.05, 0) is 13.3 Å². The zero-order valence-electron chi connectivity index (χ0n) is 8.37. The van der Waals surface area contributed by atoms with Crippen molar-refractivity contribution in [2.75, 3.05) is 13.7 Å². The lowest BCUT2D eigenvalue weighted by atomic mass is 10.1. The minimum Gasteiger partial charge on any atom is -0.467 e. The molecule has 5 nitrogen and oxygen atoms in total. The summed E-state index contributed by atoms with van der Waals surface area (Å²) in [6.45, 7) is 4.71. The number of nitrogens with one attached hydrogen (secondary N) is 1. The van der Waals surface area contributed by atoms with Gasteiger partial charge in [-0.25, -0.2) is 4.79 Å². The number of ether oxygens (including phenoxy) is 1. The van der Waals surface area contributed by atoms with Crippen molar-refractivity contribution < 1.29 is 19.4 Å². The molecule has 0 aromatic heterocycles. The summed E-state index contributed by atoms with van der Waals surface area (Å²) in [5.41, 5.74) is 0.749. The van der Waals surface area contributed by atoms with Crippen LogP contribution in [0.3, 0.4) is 0 Å². The van der Waals surface area contributed by atoms with Crippen molar-refractivity contribution in [3.63, 3.8) is 0 Å². The van der Waals surface area contributed by atoms with Gasteiger partial charge in [-0.15, -0.1) is 6.58 Å². The van der Waals surface area contributed by atoms with Gasteiger partial charge in [-0.2, -0.15) is 0 Å². The standard InChI is InChI=1S/C9H15NO4/c1-6(2)4-7(9(13)14-3)10-8(12)5-11/h7,11H,1,4-5H2,2-3H3,(H,10,12)/t7-/m1/s1. The van der Waals surface area contributed by atoms with Crippen molar-refractivity contribution in [1.29, 1.82) is 0 Å². The van der Waals surface area contributed by atoms with E-state index in [0.717, 1.165) is 5.57 Å². The molecule has 0 saturated heterocycles. The fraction of sp³-hybridized carbons (Fsp3) is 0.556. The van der Waals surface area contributed by atoms with Crippen molar-refractivity contribution in [3.8, 4) is 0 Å². The maximum atomic E-state index is 11.1. The molecule has 0 radical (unpaired) electrons. The summed E-state index contributed by atoms with van der Waals surface area (Å²) >= 11 is 0. The second-order valence-electron chi connectivity index (χ2n) is 2.96. The van der Waals surface area contributed by atoms with E-state index >= 15 is 0 Å². The number of aliphatic hydroxyl groups is 1. The Bertz CT molecular complexity index is 237. The van der Waals surface area contributed by atoms with Gasteiger partial charge < -0.3 is 15.2 Å². The Balaban J connectivity index is 4.31. The largest absolute Gasteiger partial charge is 0.467 e. The molecule has 0 spiro atoms. The maximum Gasteiger partial charge on any atom is 0.328 e. The normalized spacial score (nSPS) is 11.6. The third-order valence-corrected chi connectivity index (χ3v) is 1.52. The summed E-state index contributed by atoms with van der Waals surface area (Å²) < 4.78 is 4.48. The van der Waals surface area contributed by atoms with Crippen molar-refractivity contribution in [3.05, 3.63) is 12.2 Å². The summed E-state index contributed by atoms with van der Waals surface area (Å²) in [6, 6.07) is -0.767. The Morgan fingerprint density at radius 2 is 2.14 bits per heavy atom. The average Bonchev–Trinajstić information content (AvgIpc) is 2.14. The smallest absolute Gasteiger partial charge is 0.328 e. The topological polar surface area (TPSA) is 75.6 Å². The molecular formula is C9H15NO4. The molecule has 0 aliphatic carbocycles. The van der Waals surface area contributed by atoms with Crippen LogP contribution in [0.5, 0.6) is 0 Å². The Morgan fingerprint density at radius 1 is 1.57 bits per heavy atom. The molecule has 0 saturated carbocycles. The lowest BCUT2D eigenvalue weighted by molar-refractivity contribution is -0.145. The molecule has 0 fully saturated rings. The Labute approximate surface area is 82.7 Å². The van der Waals surface area contributed by atoms with E-state index < -0.39 is 24.5 Å². The summed E-state index contributed by atoms with van der Waals surface area (Å²) in [5, 5.41) is 10.8. The number of carbonyl (C=O) groups is 2. The molecule has 0 aliphatic heterocycles. The highest BCUT2D eigenvalue weighted by atomic mass is 16.5. The first-order chi connectivity index (χ1) is 6.51. The summed E-state index contributed by atoms with van der Waals surface area (Å²) in [6.07, 6.45) is 0.304. The third kappa shape index (κ3) is 4.61. The molecule has 1 amide bonds. The highest BCUT2D eigenvalue weighted by Crippen LogP contribution is 2.03. The lowest BCUT2D eigenvalue weighted by Crippen LogP contribution is -2.42. The van der Waals surface area contributed by atoms with E-state index in [1.54, 1.807) is 6.92 Å². The number of esters is 1. The van der Waals surface area contributed by atoms with Gasteiger partial charge in [0.1, 0.15) is 12.6 Å². The maximum absolute atomic E-state index is 11.1. The second kappa shape index (κ2) is 6.15. The lowest BCUT2D eigenvalue weighted by Gasteiger charge is -2.15. The van der Waals surface area contributed by atoms with Crippen LogP contribution in [-0.2, 0) is 14.3 Å². The monoisotopic (exact) mass is 201 g/mol. The Kier molecular flexibility index (Phi) is 5.55. The summed E-state index contributed by atoms with van der Waals surface area (Å²) in [4.78, 5) is 22.0. The predicted octanol–water partition coefficient (Wildman–Crippen LogP) is -0.397. The SMILES string of the molecule is C=C(C)C[C@@H](NC(=O)CO)C(=O)OC. The van der Waals surface area contributed by atoms with Crippen LogP contribution in [0.4, 0.5) is 0 Å². The number of hydrogen-bond donors (Lipinski definition) is 2. The molecule has 0 rings (SSSR count). The first kappa shape index (κ1) is 12.6. The van der Waals surface area contributed by atoms with E-state index in [-0.39, 0.29) is 0 Å². The molecule has 0 aromatic carbocycles. The zero-order chi connectivity index (χ0) is 11.1. The Hall–Kier alpha value is -1.36. The Morgan fingerprint density at radius 3 is 2.50 bits per heavy atom. The van der Waals surface area contributed by atoms with E-state index in [1.807, 2.05) is 0 Å². The molecule has 1 atom stereocenters. The number of hydrogen-bond acceptors (Lipinski definition) is 4.